The van der Waals surface area contributed by atoms with Gasteiger partial charge in [0.15, 0.2) is 11.5 Å². The maximum absolute atomic E-state index is 5.57. The molecule has 102 valence electrons. The third kappa shape index (κ3) is 4.22. The number of hydrogen-bond donors (Lipinski definition) is 1. The van der Waals surface area contributed by atoms with Gasteiger partial charge in [0.25, 0.3) is 0 Å². The van der Waals surface area contributed by atoms with E-state index in [4.69, 9.17) is 9.47 Å². The van der Waals surface area contributed by atoms with Gasteiger partial charge in [-0.05, 0) is 44.9 Å². The quantitative estimate of drug-likeness (QED) is 0.806. The summed E-state index contributed by atoms with van der Waals surface area (Å²) in [6, 6.07) is 6.07. The van der Waals surface area contributed by atoms with Gasteiger partial charge >= 0.3 is 0 Å². The molecule has 0 aliphatic heterocycles. The first-order valence-corrected chi connectivity index (χ1v) is 6.57. The monoisotopic (exact) mass is 251 g/mol. The van der Waals surface area contributed by atoms with Crippen molar-refractivity contribution in [3.8, 4) is 11.5 Å². The maximum Gasteiger partial charge on any atom is 0.161 e. The second-order valence-corrected chi connectivity index (χ2v) is 5.01. The Balaban J connectivity index is 2.75. The average molecular weight is 251 g/mol. The van der Waals surface area contributed by atoms with Gasteiger partial charge in [0, 0.05) is 12.1 Å². The van der Waals surface area contributed by atoms with Crippen LogP contribution in [-0.2, 0) is 6.54 Å². The van der Waals surface area contributed by atoms with Crippen molar-refractivity contribution in [2.45, 2.75) is 46.2 Å². The predicted octanol–water partition coefficient (Wildman–Crippen LogP) is 3.37. The molecule has 0 aliphatic rings. The van der Waals surface area contributed by atoms with Crippen molar-refractivity contribution in [2.24, 2.45) is 0 Å². The number of ether oxygens (including phenoxy) is 2. The van der Waals surface area contributed by atoms with Crippen LogP contribution in [-0.4, -0.2) is 19.3 Å². The van der Waals surface area contributed by atoms with E-state index in [-0.39, 0.29) is 5.54 Å². The molecule has 3 nitrogen and oxygen atoms in total. The highest BCUT2D eigenvalue weighted by atomic mass is 16.5. The molecule has 3 heteroatoms. The van der Waals surface area contributed by atoms with Crippen LogP contribution in [0.15, 0.2) is 18.2 Å². The van der Waals surface area contributed by atoms with Gasteiger partial charge in [-0.1, -0.05) is 13.0 Å². The van der Waals surface area contributed by atoms with Crippen LogP contribution in [0.3, 0.4) is 0 Å². The molecule has 0 aliphatic carbocycles. The van der Waals surface area contributed by atoms with E-state index < -0.39 is 0 Å². The summed E-state index contributed by atoms with van der Waals surface area (Å²) in [4.78, 5) is 0. The molecule has 0 atom stereocenters. The second kappa shape index (κ2) is 6.64. The van der Waals surface area contributed by atoms with Crippen LogP contribution in [0.4, 0.5) is 0 Å². The van der Waals surface area contributed by atoms with Crippen molar-refractivity contribution >= 4 is 0 Å². The lowest BCUT2D eigenvalue weighted by molar-refractivity contribution is 0.310. The molecule has 0 fully saturated rings. The maximum atomic E-state index is 5.57. The van der Waals surface area contributed by atoms with Gasteiger partial charge < -0.3 is 14.8 Å². The number of rotatable bonds is 7. The molecule has 0 unspecified atom stereocenters. The van der Waals surface area contributed by atoms with Gasteiger partial charge in [0.2, 0.25) is 0 Å². The zero-order valence-corrected chi connectivity index (χ0v) is 12.2. The molecule has 0 aromatic heterocycles. The fourth-order valence-corrected chi connectivity index (χ4v) is 1.57. The van der Waals surface area contributed by atoms with E-state index in [1.807, 2.05) is 19.1 Å². The minimum atomic E-state index is 0.158. The van der Waals surface area contributed by atoms with Crippen molar-refractivity contribution in [3.05, 3.63) is 23.8 Å². The first-order chi connectivity index (χ1) is 8.52. The average Bonchev–Trinajstić information content (AvgIpc) is 2.37. The Morgan fingerprint density at radius 2 is 1.89 bits per heavy atom. The third-order valence-corrected chi connectivity index (χ3v) is 3.18. The van der Waals surface area contributed by atoms with Crippen molar-refractivity contribution in [1.29, 1.82) is 0 Å². The Hall–Kier alpha value is -1.22. The van der Waals surface area contributed by atoms with Crippen molar-refractivity contribution < 1.29 is 9.47 Å². The third-order valence-electron chi connectivity index (χ3n) is 3.18. The molecule has 0 radical (unpaired) electrons. The highest BCUT2D eigenvalue weighted by molar-refractivity contribution is 5.42. The van der Waals surface area contributed by atoms with Gasteiger partial charge in [-0.3, -0.25) is 0 Å². The predicted molar refractivity (Wildman–Crippen MR) is 75.4 cm³/mol. The standard InChI is InChI=1S/C15H25NO2/c1-6-15(3,4)16-11-12-8-9-13(17-5)14(10-12)18-7-2/h8-10,16H,6-7,11H2,1-5H3. The molecule has 0 bridgehead atoms. The molecule has 1 N–H and O–H groups in total. The molecule has 0 spiro atoms. The zero-order chi connectivity index (χ0) is 13.6. The molecule has 0 amide bonds. The zero-order valence-electron chi connectivity index (χ0n) is 12.2. The normalized spacial score (nSPS) is 11.4. The van der Waals surface area contributed by atoms with Crippen LogP contribution >= 0.6 is 0 Å². The van der Waals surface area contributed by atoms with Crippen LogP contribution in [0.2, 0.25) is 0 Å². The lowest BCUT2D eigenvalue weighted by atomic mass is 10.0. The Labute approximate surface area is 110 Å². The summed E-state index contributed by atoms with van der Waals surface area (Å²) < 4.78 is 10.8. The fourth-order valence-electron chi connectivity index (χ4n) is 1.57. The highest BCUT2D eigenvalue weighted by Gasteiger charge is 2.14. The van der Waals surface area contributed by atoms with E-state index in [0.29, 0.717) is 6.61 Å². The fraction of sp³-hybridized carbons (Fsp3) is 0.600. The Morgan fingerprint density at radius 3 is 2.44 bits per heavy atom. The van der Waals surface area contributed by atoms with Gasteiger partial charge in [-0.25, -0.2) is 0 Å². The van der Waals surface area contributed by atoms with Crippen LogP contribution < -0.4 is 14.8 Å². The van der Waals surface area contributed by atoms with Crippen molar-refractivity contribution in [1.82, 2.24) is 5.32 Å². The molecule has 0 heterocycles. The van der Waals surface area contributed by atoms with Gasteiger partial charge in [0.1, 0.15) is 0 Å². The van der Waals surface area contributed by atoms with E-state index in [0.717, 1.165) is 24.5 Å². The molecule has 0 saturated heterocycles. The first-order valence-electron chi connectivity index (χ1n) is 6.57. The highest BCUT2D eigenvalue weighted by Crippen LogP contribution is 2.28. The largest absolute Gasteiger partial charge is 0.493 e. The van der Waals surface area contributed by atoms with Crippen LogP contribution in [0, 0.1) is 0 Å². The lowest BCUT2D eigenvalue weighted by Crippen LogP contribution is -2.37. The first kappa shape index (κ1) is 14.8. The van der Waals surface area contributed by atoms with Gasteiger partial charge in [0.05, 0.1) is 13.7 Å². The molecule has 1 rings (SSSR count). The summed E-state index contributed by atoms with van der Waals surface area (Å²) in [5.41, 5.74) is 1.37. The van der Waals surface area contributed by atoms with E-state index in [1.165, 1.54) is 5.56 Å². The summed E-state index contributed by atoms with van der Waals surface area (Å²) in [5, 5.41) is 3.54. The van der Waals surface area contributed by atoms with Crippen molar-refractivity contribution in [3.63, 3.8) is 0 Å². The Bertz CT molecular complexity index is 375. The van der Waals surface area contributed by atoms with Gasteiger partial charge in [-0.2, -0.15) is 0 Å². The van der Waals surface area contributed by atoms with Crippen LogP contribution in [0.25, 0.3) is 0 Å². The summed E-state index contributed by atoms with van der Waals surface area (Å²) in [6.07, 6.45) is 1.10. The van der Waals surface area contributed by atoms with Gasteiger partial charge in [-0.15, -0.1) is 0 Å². The SMILES string of the molecule is CCOc1cc(CNC(C)(C)CC)ccc1OC. The summed E-state index contributed by atoms with van der Waals surface area (Å²) in [5.74, 6) is 1.60. The molecule has 18 heavy (non-hydrogen) atoms. The number of methoxy groups -OCH3 is 1. The Kier molecular flexibility index (Phi) is 5.48. The summed E-state index contributed by atoms with van der Waals surface area (Å²) in [6.45, 7) is 10.1. The molecular weight excluding hydrogens is 226 g/mol. The second-order valence-electron chi connectivity index (χ2n) is 5.01. The minimum Gasteiger partial charge on any atom is -0.493 e. The molecular formula is C15H25NO2. The summed E-state index contributed by atoms with van der Waals surface area (Å²) >= 11 is 0. The van der Waals surface area contributed by atoms with Crippen molar-refractivity contribution in [2.75, 3.05) is 13.7 Å². The minimum absolute atomic E-state index is 0.158. The van der Waals surface area contributed by atoms with E-state index in [1.54, 1.807) is 7.11 Å². The summed E-state index contributed by atoms with van der Waals surface area (Å²) in [7, 11) is 1.66. The number of benzene rings is 1. The molecule has 1 aromatic carbocycles. The lowest BCUT2D eigenvalue weighted by Gasteiger charge is -2.24. The number of nitrogens with one attached hydrogen (secondary N) is 1. The molecule has 0 saturated carbocycles. The molecule has 1 aromatic rings. The van der Waals surface area contributed by atoms with E-state index in [2.05, 4.69) is 32.2 Å². The Morgan fingerprint density at radius 1 is 1.17 bits per heavy atom. The topological polar surface area (TPSA) is 30.5 Å². The van der Waals surface area contributed by atoms with E-state index in [9.17, 15) is 0 Å². The smallest absolute Gasteiger partial charge is 0.161 e. The van der Waals surface area contributed by atoms with Crippen LogP contribution in [0.5, 0.6) is 11.5 Å². The van der Waals surface area contributed by atoms with E-state index >= 15 is 0 Å². The number of hydrogen-bond acceptors (Lipinski definition) is 3. The van der Waals surface area contributed by atoms with Crippen LogP contribution in [0.1, 0.15) is 39.7 Å².